The molecule has 0 bridgehead atoms. The average molecular weight is 256 g/mol. The summed E-state index contributed by atoms with van der Waals surface area (Å²) in [5, 5.41) is 9.25. The van der Waals surface area contributed by atoms with Crippen molar-refractivity contribution in [3.63, 3.8) is 0 Å². The van der Waals surface area contributed by atoms with Gasteiger partial charge in [0.05, 0.1) is 5.56 Å². The number of fused-ring (bicyclic) bond motifs is 1. The van der Waals surface area contributed by atoms with Gasteiger partial charge in [-0.1, -0.05) is 18.2 Å². The number of ketones is 1. The lowest BCUT2D eigenvalue weighted by molar-refractivity contribution is -0.140. The van der Waals surface area contributed by atoms with Crippen molar-refractivity contribution in [1.82, 2.24) is 4.98 Å². The van der Waals surface area contributed by atoms with Crippen molar-refractivity contribution in [2.45, 2.75) is 20.0 Å². The zero-order valence-electron chi connectivity index (χ0n) is 10.6. The minimum atomic E-state index is -1.01. The third-order valence-corrected chi connectivity index (χ3v) is 2.77. The molecule has 2 aromatic rings. The van der Waals surface area contributed by atoms with Gasteiger partial charge in [-0.25, -0.2) is 4.79 Å². The Morgan fingerprint density at radius 1 is 1.37 bits per heavy atom. The maximum absolute atomic E-state index is 12.1. The molecule has 0 aliphatic rings. The van der Waals surface area contributed by atoms with Crippen LogP contribution < -0.4 is 0 Å². The Hall–Kier alpha value is -2.61. The second-order valence-corrected chi connectivity index (χ2v) is 4.18. The molecule has 1 N–H and O–H groups in total. The summed E-state index contributed by atoms with van der Waals surface area (Å²) in [4.78, 5) is 26.8. The van der Waals surface area contributed by atoms with Gasteiger partial charge in [0.25, 0.3) is 5.78 Å². The van der Waals surface area contributed by atoms with Crippen molar-refractivity contribution < 1.29 is 14.3 Å². The third-order valence-electron chi connectivity index (χ3n) is 2.77. The second-order valence-electron chi connectivity index (χ2n) is 4.18. The molecule has 0 unspecified atom stereocenters. The predicted octanol–water partition coefficient (Wildman–Crippen LogP) is 2.11. The molecule has 0 aliphatic carbocycles. The summed E-state index contributed by atoms with van der Waals surface area (Å²) in [6.07, 6.45) is -0.943. The van der Waals surface area contributed by atoms with E-state index in [0.717, 1.165) is 5.52 Å². The van der Waals surface area contributed by atoms with Crippen LogP contribution in [0.5, 0.6) is 0 Å². The normalized spacial score (nSPS) is 11.8. The number of hydrogen-bond acceptors (Lipinski definition) is 4. The number of nitriles is 1. The summed E-state index contributed by atoms with van der Waals surface area (Å²) < 4.78 is 4.73. The number of esters is 1. The molecule has 0 saturated carbocycles. The fourth-order valence-electron chi connectivity index (χ4n) is 1.91. The number of aromatic amines is 1. The van der Waals surface area contributed by atoms with Crippen LogP contribution in [0.4, 0.5) is 0 Å². The molecule has 1 aromatic heterocycles. The largest absolute Gasteiger partial charge is 0.441 e. The fourth-order valence-corrected chi connectivity index (χ4v) is 1.91. The third kappa shape index (κ3) is 2.33. The van der Waals surface area contributed by atoms with E-state index in [1.165, 1.54) is 6.92 Å². The van der Waals surface area contributed by atoms with Crippen molar-refractivity contribution in [1.29, 1.82) is 5.26 Å². The van der Waals surface area contributed by atoms with E-state index in [2.05, 4.69) is 4.98 Å². The summed E-state index contributed by atoms with van der Waals surface area (Å²) in [6.45, 7) is 3.13. The van der Waals surface area contributed by atoms with E-state index in [1.54, 1.807) is 25.1 Å². The van der Waals surface area contributed by atoms with Crippen molar-refractivity contribution >= 4 is 22.7 Å². The number of benzene rings is 1. The van der Waals surface area contributed by atoms with Crippen LogP contribution in [0.3, 0.4) is 0 Å². The number of nitrogens with zero attached hydrogens (tertiary/aromatic N) is 1. The molecule has 2 rings (SSSR count). The number of para-hydroxylation sites is 1. The smallest absolute Gasteiger partial charge is 0.381 e. The predicted molar refractivity (Wildman–Crippen MR) is 68.5 cm³/mol. The first-order valence-electron chi connectivity index (χ1n) is 5.77. The first-order chi connectivity index (χ1) is 9.04. The lowest BCUT2D eigenvalue weighted by Crippen LogP contribution is -2.22. The monoisotopic (exact) mass is 256 g/mol. The summed E-state index contributed by atoms with van der Waals surface area (Å²) in [5.74, 6) is -1.75. The number of carbonyl (C=O) groups is 2. The fraction of sp³-hybridized carbons (Fsp3) is 0.214. The summed E-state index contributed by atoms with van der Waals surface area (Å²) in [5.41, 5.74) is 1.68. The van der Waals surface area contributed by atoms with E-state index in [9.17, 15) is 9.59 Å². The first-order valence-corrected chi connectivity index (χ1v) is 5.77. The molecule has 1 heterocycles. The molecule has 96 valence electrons. The molecular weight excluding hydrogens is 244 g/mol. The highest BCUT2D eigenvalue weighted by molar-refractivity contribution is 6.43. The summed E-state index contributed by atoms with van der Waals surface area (Å²) in [6, 6.07) is 8.95. The standard InChI is InChI=1S/C14H12N2O3/c1-8(7-15)19-14(18)13(17)12-9(2)16-11-6-4-3-5-10(11)12/h3-6,8,16H,1-2H3/t8-/m0/s1. The minimum Gasteiger partial charge on any atom is -0.441 e. The Labute approximate surface area is 109 Å². The van der Waals surface area contributed by atoms with Crippen LogP contribution in [-0.2, 0) is 9.53 Å². The Morgan fingerprint density at radius 3 is 2.74 bits per heavy atom. The van der Waals surface area contributed by atoms with Gasteiger partial charge in [0, 0.05) is 16.6 Å². The Kier molecular flexibility index (Phi) is 3.34. The number of carbonyl (C=O) groups excluding carboxylic acids is 2. The van der Waals surface area contributed by atoms with Crippen LogP contribution >= 0.6 is 0 Å². The van der Waals surface area contributed by atoms with Gasteiger partial charge in [-0.2, -0.15) is 5.26 Å². The Bertz CT molecular complexity index is 694. The highest BCUT2D eigenvalue weighted by Gasteiger charge is 2.25. The Balaban J connectivity index is 2.39. The van der Waals surface area contributed by atoms with Gasteiger partial charge in [-0.05, 0) is 19.9 Å². The average Bonchev–Trinajstić information content (AvgIpc) is 2.73. The maximum Gasteiger partial charge on any atom is 0.381 e. The van der Waals surface area contributed by atoms with Crippen LogP contribution in [0.1, 0.15) is 23.0 Å². The molecule has 5 heteroatoms. The molecule has 5 nitrogen and oxygen atoms in total. The zero-order chi connectivity index (χ0) is 14.0. The maximum atomic E-state index is 12.1. The van der Waals surface area contributed by atoms with Gasteiger partial charge in [0.15, 0.2) is 6.10 Å². The number of rotatable bonds is 3. The van der Waals surface area contributed by atoms with Gasteiger partial charge in [0.1, 0.15) is 6.07 Å². The molecule has 0 saturated heterocycles. The molecule has 0 fully saturated rings. The zero-order valence-corrected chi connectivity index (χ0v) is 10.6. The first kappa shape index (κ1) is 12.8. The van der Waals surface area contributed by atoms with E-state index in [-0.39, 0.29) is 0 Å². The number of Topliss-reactive ketones (excluding diaryl/α,β-unsaturated/α-hetero) is 1. The number of aromatic nitrogens is 1. The lowest BCUT2D eigenvalue weighted by Gasteiger charge is -2.05. The summed E-state index contributed by atoms with van der Waals surface area (Å²) in [7, 11) is 0. The minimum absolute atomic E-state index is 0.297. The molecule has 0 radical (unpaired) electrons. The van der Waals surface area contributed by atoms with Crippen LogP contribution in [0.15, 0.2) is 24.3 Å². The molecule has 0 aliphatic heterocycles. The van der Waals surface area contributed by atoms with Gasteiger partial charge in [-0.3, -0.25) is 4.79 Å². The van der Waals surface area contributed by atoms with Gasteiger partial charge in [-0.15, -0.1) is 0 Å². The lowest BCUT2D eigenvalue weighted by atomic mass is 10.1. The van der Waals surface area contributed by atoms with E-state index >= 15 is 0 Å². The van der Waals surface area contributed by atoms with E-state index < -0.39 is 17.9 Å². The number of H-pyrrole nitrogens is 1. The van der Waals surface area contributed by atoms with Crippen LogP contribution in [0, 0.1) is 18.3 Å². The molecule has 1 atom stereocenters. The highest BCUT2D eigenvalue weighted by Crippen LogP contribution is 2.22. The highest BCUT2D eigenvalue weighted by atomic mass is 16.5. The quantitative estimate of drug-likeness (QED) is 0.518. The Morgan fingerprint density at radius 2 is 2.05 bits per heavy atom. The molecule has 0 spiro atoms. The number of nitrogens with one attached hydrogen (secondary N) is 1. The molecule has 1 aromatic carbocycles. The van der Waals surface area contributed by atoms with Crippen LogP contribution in [0.2, 0.25) is 0 Å². The van der Waals surface area contributed by atoms with Crippen LogP contribution in [-0.4, -0.2) is 22.8 Å². The van der Waals surface area contributed by atoms with E-state index in [1.807, 2.05) is 12.1 Å². The second kappa shape index (κ2) is 4.94. The van der Waals surface area contributed by atoms with Crippen molar-refractivity contribution in [3.05, 3.63) is 35.5 Å². The molecular formula is C14H12N2O3. The number of hydrogen-bond donors (Lipinski definition) is 1. The van der Waals surface area contributed by atoms with E-state index in [4.69, 9.17) is 10.00 Å². The topological polar surface area (TPSA) is 82.9 Å². The van der Waals surface area contributed by atoms with Gasteiger partial charge in [0.2, 0.25) is 0 Å². The van der Waals surface area contributed by atoms with Crippen molar-refractivity contribution in [3.8, 4) is 6.07 Å². The van der Waals surface area contributed by atoms with Crippen LogP contribution in [0.25, 0.3) is 10.9 Å². The number of aryl methyl sites for hydroxylation is 1. The molecule has 19 heavy (non-hydrogen) atoms. The van der Waals surface area contributed by atoms with Crippen molar-refractivity contribution in [2.75, 3.05) is 0 Å². The van der Waals surface area contributed by atoms with E-state index in [0.29, 0.717) is 16.6 Å². The van der Waals surface area contributed by atoms with Crippen molar-refractivity contribution in [2.24, 2.45) is 0 Å². The molecule has 0 amide bonds. The van der Waals surface area contributed by atoms with Gasteiger partial charge >= 0.3 is 5.97 Å². The SMILES string of the molecule is Cc1[nH]c2ccccc2c1C(=O)C(=O)O[C@@H](C)C#N. The summed E-state index contributed by atoms with van der Waals surface area (Å²) >= 11 is 0. The number of ether oxygens (including phenoxy) is 1. The van der Waals surface area contributed by atoms with Gasteiger partial charge < -0.3 is 9.72 Å².